The molecule has 3 unspecified atom stereocenters. The Kier molecular flexibility index (Phi) is 7.14. The number of carbonyl (C=O) groups excluding carboxylic acids is 2. The Morgan fingerprint density at radius 2 is 1.74 bits per heavy atom. The molecule has 8 heteroatoms. The molecule has 34 heavy (non-hydrogen) atoms. The first-order valence-corrected chi connectivity index (χ1v) is 11.1. The average molecular weight is 463 g/mol. The molecule has 1 heterocycles. The average Bonchev–Trinajstić information content (AvgIpc) is 3.42. The van der Waals surface area contributed by atoms with Crippen molar-refractivity contribution in [2.45, 2.75) is 31.3 Å². The molecular weight excluding hydrogens is 436 g/mol. The van der Waals surface area contributed by atoms with Crippen LogP contribution in [-0.4, -0.2) is 55.0 Å². The van der Waals surface area contributed by atoms with Gasteiger partial charge in [-0.3, -0.25) is 4.79 Å². The molecule has 0 radical (unpaired) electrons. The second-order valence-electron chi connectivity index (χ2n) is 8.25. The fourth-order valence-corrected chi connectivity index (χ4v) is 4.43. The van der Waals surface area contributed by atoms with E-state index < -0.39 is 36.0 Å². The number of aliphatic carboxylic acids is 1. The lowest BCUT2D eigenvalue weighted by molar-refractivity contribution is -0.142. The first-order chi connectivity index (χ1) is 16.5. The molecule has 2 aromatic rings. The van der Waals surface area contributed by atoms with Crippen molar-refractivity contribution in [1.29, 1.82) is 0 Å². The third-order valence-corrected chi connectivity index (χ3v) is 6.16. The van der Waals surface area contributed by atoms with Gasteiger partial charge in [-0.25, -0.2) is 9.59 Å². The van der Waals surface area contributed by atoms with Gasteiger partial charge in [-0.2, -0.15) is 0 Å². The van der Waals surface area contributed by atoms with Gasteiger partial charge in [0.1, 0.15) is 12.6 Å². The lowest BCUT2D eigenvalue weighted by atomic mass is 9.98. The third kappa shape index (κ3) is 4.90. The van der Waals surface area contributed by atoms with Gasteiger partial charge in [0, 0.05) is 12.3 Å². The van der Waals surface area contributed by atoms with Crippen LogP contribution in [-0.2, 0) is 19.1 Å². The molecule has 0 spiro atoms. The Hall–Kier alpha value is -3.83. The molecule has 8 nitrogen and oxygen atoms in total. The number of ether oxygens (including phenoxy) is 2. The maximum absolute atomic E-state index is 12.7. The third-order valence-electron chi connectivity index (χ3n) is 6.16. The van der Waals surface area contributed by atoms with E-state index in [1.807, 2.05) is 36.4 Å². The number of amides is 2. The van der Waals surface area contributed by atoms with Gasteiger partial charge in [-0.1, -0.05) is 48.5 Å². The predicted molar refractivity (Wildman–Crippen MR) is 124 cm³/mol. The molecule has 1 saturated heterocycles. The lowest BCUT2D eigenvalue weighted by Gasteiger charge is -2.21. The minimum absolute atomic E-state index is 0.00434. The zero-order chi connectivity index (χ0) is 24.1. The van der Waals surface area contributed by atoms with Crippen LogP contribution in [0.3, 0.4) is 0 Å². The van der Waals surface area contributed by atoms with Gasteiger partial charge in [0.2, 0.25) is 5.91 Å². The van der Waals surface area contributed by atoms with Crippen LogP contribution in [0.4, 0.5) is 4.79 Å². The minimum atomic E-state index is -1.17. The van der Waals surface area contributed by atoms with Crippen LogP contribution >= 0.6 is 0 Å². The number of carboxylic acids is 1. The Bertz CT molecular complexity index is 1110. The van der Waals surface area contributed by atoms with Crippen LogP contribution in [0.1, 0.15) is 30.4 Å². The fraction of sp³-hybridized carbons (Fsp3) is 0.346. The quantitative estimate of drug-likeness (QED) is 0.545. The zero-order valence-corrected chi connectivity index (χ0v) is 18.7. The molecule has 2 aliphatic rings. The molecule has 2 amide bonds. The van der Waals surface area contributed by atoms with E-state index >= 15 is 0 Å². The highest BCUT2D eigenvalue weighted by Crippen LogP contribution is 2.44. The van der Waals surface area contributed by atoms with Gasteiger partial charge >= 0.3 is 12.1 Å². The van der Waals surface area contributed by atoms with Crippen LogP contribution in [0.15, 0.2) is 48.5 Å². The number of benzene rings is 2. The van der Waals surface area contributed by atoms with E-state index in [0.29, 0.717) is 0 Å². The molecule has 3 N–H and O–H groups in total. The largest absolute Gasteiger partial charge is 0.480 e. The summed E-state index contributed by atoms with van der Waals surface area (Å²) in [6.45, 7) is 1.96. The first kappa shape index (κ1) is 23.3. The van der Waals surface area contributed by atoms with E-state index in [0.717, 1.165) is 22.3 Å². The molecule has 3 atom stereocenters. The smallest absolute Gasteiger partial charge is 0.407 e. The first-order valence-electron chi connectivity index (χ1n) is 11.1. The standard InChI is InChI=1S/C26H26N2O6/c1-2-3-12-22(25(30)31)27-24(29)21-13-33-15-23(21)28-26(32)34-14-20-18-10-6-4-8-16(18)17-9-5-7-11-19(17)20/h4-11,20-23H,12-15H2,1H3,(H,27,29)(H,28,32)(H,30,31). The summed E-state index contributed by atoms with van der Waals surface area (Å²) in [5.74, 6) is 2.80. The molecule has 4 rings (SSSR count). The maximum atomic E-state index is 12.7. The van der Waals surface area contributed by atoms with Gasteiger partial charge in [0.25, 0.3) is 0 Å². The van der Waals surface area contributed by atoms with Crippen LogP contribution in [0.2, 0.25) is 0 Å². The molecule has 0 aromatic heterocycles. The normalized spacial score (nSPS) is 19.2. The maximum Gasteiger partial charge on any atom is 0.407 e. The molecule has 0 saturated carbocycles. The van der Waals surface area contributed by atoms with Crippen molar-refractivity contribution < 1.29 is 29.0 Å². The van der Waals surface area contributed by atoms with E-state index in [2.05, 4.69) is 34.6 Å². The number of alkyl carbamates (subject to hydrolysis) is 1. The lowest BCUT2D eigenvalue weighted by Crippen LogP contribution is -2.50. The number of hydrogen-bond acceptors (Lipinski definition) is 5. The summed E-state index contributed by atoms with van der Waals surface area (Å²) in [6.07, 6.45) is -0.655. The Labute approximate surface area is 197 Å². The van der Waals surface area contributed by atoms with Crippen LogP contribution in [0.5, 0.6) is 0 Å². The highest BCUT2D eigenvalue weighted by molar-refractivity contribution is 5.86. The van der Waals surface area contributed by atoms with Crippen molar-refractivity contribution in [2.24, 2.45) is 5.92 Å². The monoisotopic (exact) mass is 462 g/mol. The SMILES string of the molecule is CC#CCC(NC(=O)C1COCC1NC(=O)OCC1c2ccccc2-c2ccccc21)C(=O)O. The second-order valence-corrected chi connectivity index (χ2v) is 8.25. The summed E-state index contributed by atoms with van der Waals surface area (Å²) < 4.78 is 10.9. The minimum Gasteiger partial charge on any atom is -0.480 e. The van der Waals surface area contributed by atoms with Gasteiger partial charge in [0.05, 0.1) is 25.2 Å². The van der Waals surface area contributed by atoms with E-state index in [-0.39, 0.29) is 32.2 Å². The van der Waals surface area contributed by atoms with E-state index in [1.54, 1.807) is 6.92 Å². The fourth-order valence-electron chi connectivity index (χ4n) is 4.43. The Morgan fingerprint density at radius 1 is 1.09 bits per heavy atom. The molecule has 2 aromatic carbocycles. The highest BCUT2D eigenvalue weighted by atomic mass is 16.5. The molecule has 0 bridgehead atoms. The summed E-state index contributed by atoms with van der Waals surface area (Å²) in [5.41, 5.74) is 4.48. The number of carbonyl (C=O) groups is 3. The predicted octanol–water partition coefficient (Wildman–Crippen LogP) is 2.52. The molecule has 1 fully saturated rings. The van der Waals surface area contributed by atoms with Gasteiger partial charge in [0.15, 0.2) is 0 Å². The topological polar surface area (TPSA) is 114 Å². The summed E-state index contributed by atoms with van der Waals surface area (Å²) in [4.78, 5) is 36.6. The number of fused-ring (bicyclic) bond motifs is 3. The summed E-state index contributed by atoms with van der Waals surface area (Å²) >= 11 is 0. The zero-order valence-electron chi connectivity index (χ0n) is 18.7. The van der Waals surface area contributed by atoms with E-state index in [4.69, 9.17) is 9.47 Å². The summed E-state index contributed by atoms with van der Waals surface area (Å²) in [5, 5.41) is 14.5. The van der Waals surface area contributed by atoms with Crippen LogP contribution in [0.25, 0.3) is 11.1 Å². The van der Waals surface area contributed by atoms with Gasteiger partial charge in [-0.15, -0.1) is 11.8 Å². The number of hydrogen-bond donors (Lipinski definition) is 3. The number of nitrogens with one attached hydrogen (secondary N) is 2. The molecule has 1 aliphatic heterocycles. The Balaban J connectivity index is 1.36. The van der Waals surface area contributed by atoms with Gasteiger partial charge < -0.3 is 25.2 Å². The summed E-state index contributed by atoms with van der Waals surface area (Å²) in [7, 11) is 0. The van der Waals surface area contributed by atoms with Gasteiger partial charge in [-0.05, 0) is 29.2 Å². The number of carboxylic acid groups (broad SMARTS) is 1. The van der Waals surface area contributed by atoms with E-state index in [1.165, 1.54) is 0 Å². The molecule has 1 aliphatic carbocycles. The highest BCUT2D eigenvalue weighted by Gasteiger charge is 2.37. The van der Waals surface area contributed by atoms with Crippen molar-refractivity contribution in [3.8, 4) is 23.0 Å². The van der Waals surface area contributed by atoms with Crippen molar-refractivity contribution in [1.82, 2.24) is 10.6 Å². The van der Waals surface area contributed by atoms with Crippen LogP contribution < -0.4 is 10.6 Å². The van der Waals surface area contributed by atoms with Crippen molar-refractivity contribution in [2.75, 3.05) is 19.8 Å². The summed E-state index contributed by atoms with van der Waals surface area (Å²) in [6, 6.07) is 14.3. The Morgan fingerprint density at radius 3 is 2.35 bits per heavy atom. The molecule has 176 valence electrons. The van der Waals surface area contributed by atoms with Crippen molar-refractivity contribution in [3.63, 3.8) is 0 Å². The van der Waals surface area contributed by atoms with Crippen molar-refractivity contribution in [3.05, 3.63) is 59.7 Å². The van der Waals surface area contributed by atoms with Crippen LogP contribution in [0, 0.1) is 17.8 Å². The second kappa shape index (κ2) is 10.4. The molecular formula is C26H26N2O6. The van der Waals surface area contributed by atoms with E-state index in [9.17, 15) is 19.5 Å². The number of rotatable bonds is 7. The van der Waals surface area contributed by atoms with Crippen molar-refractivity contribution >= 4 is 18.0 Å².